The van der Waals surface area contributed by atoms with Crippen LogP contribution in [0.4, 0.5) is 27.6 Å². The largest absolute Gasteiger partial charge is 0.435 e. The van der Waals surface area contributed by atoms with Gasteiger partial charge in [0.25, 0.3) is 11.1 Å². The van der Waals surface area contributed by atoms with Crippen molar-refractivity contribution in [3.63, 3.8) is 0 Å². The minimum atomic E-state index is -4.77. The molecule has 0 aliphatic carbocycles. The van der Waals surface area contributed by atoms with E-state index in [1.54, 1.807) is 0 Å². The van der Waals surface area contributed by atoms with E-state index in [2.05, 4.69) is 15.4 Å². The average Bonchev–Trinajstić information content (AvgIpc) is 3.31. The summed E-state index contributed by atoms with van der Waals surface area (Å²) in [5.41, 5.74) is -0.407. The third kappa shape index (κ3) is 4.59. The fourth-order valence-corrected chi connectivity index (χ4v) is 3.66. The standard InChI is InChI=1S/C20H13F5N4O2S/c1-29-8-12(17(28-29)20(23,24)25)18(30)26-11-3-5-16-15(7-11)27-19(31-16)32-9-10-2-4-13(21)14(22)6-10/h2-8H,9H2,1H3,(H,26,30). The summed E-state index contributed by atoms with van der Waals surface area (Å²) >= 11 is 1.15. The van der Waals surface area contributed by atoms with E-state index < -0.39 is 35.0 Å². The molecule has 4 aromatic rings. The topological polar surface area (TPSA) is 73.0 Å². The number of carbonyl (C=O) groups excluding carboxylic acids is 1. The number of nitrogens with one attached hydrogen (secondary N) is 1. The monoisotopic (exact) mass is 468 g/mol. The minimum absolute atomic E-state index is 0.213. The SMILES string of the molecule is Cn1cc(C(=O)Nc2ccc3oc(SCc4ccc(F)c(F)c4)nc3c2)c(C(F)(F)F)n1. The Balaban J connectivity index is 1.49. The first-order valence-corrected chi connectivity index (χ1v) is 9.98. The predicted molar refractivity (Wildman–Crippen MR) is 106 cm³/mol. The molecule has 32 heavy (non-hydrogen) atoms. The number of benzene rings is 2. The number of carbonyl (C=O) groups is 1. The number of hydrogen-bond donors (Lipinski definition) is 1. The van der Waals surface area contributed by atoms with Gasteiger partial charge in [0.2, 0.25) is 0 Å². The van der Waals surface area contributed by atoms with Crippen LogP contribution in [0.25, 0.3) is 11.1 Å². The highest BCUT2D eigenvalue weighted by Crippen LogP contribution is 2.32. The molecule has 0 fully saturated rings. The number of fused-ring (bicyclic) bond motifs is 1. The van der Waals surface area contributed by atoms with Crippen molar-refractivity contribution < 1.29 is 31.2 Å². The molecule has 0 aliphatic heterocycles. The maximum absolute atomic E-state index is 13.3. The molecule has 0 unspecified atom stereocenters. The van der Waals surface area contributed by atoms with E-state index >= 15 is 0 Å². The van der Waals surface area contributed by atoms with E-state index in [1.807, 2.05) is 0 Å². The van der Waals surface area contributed by atoms with Crippen molar-refractivity contribution in [2.45, 2.75) is 17.2 Å². The molecular formula is C20H13F5N4O2S. The van der Waals surface area contributed by atoms with Crippen molar-refractivity contribution >= 4 is 34.5 Å². The van der Waals surface area contributed by atoms with E-state index in [0.29, 0.717) is 16.7 Å². The number of amides is 1. The lowest BCUT2D eigenvalue weighted by molar-refractivity contribution is -0.141. The first-order valence-electron chi connectivity index (χ1n) is 8.99. The zero-order valence-electron chi connectivity index (χ0n) is 16.2. The third-order valence-corrected chi connectivity index (χ3v) is 5.21. The molecule has 0 spiro atoms. The van der Waals surface area contributed by atoms with Crippen LogP contribution in [-0.4, -0.2) is 20.7 Å². The Kier molecular flexibility index (Phi) is 5.63. The zero-order chi connectivity index (χ0) is 23.0. The van der Waals surface area contributed by atoms with Crippen molar-refractivity contribution in [3.8, 4) is 0 Å². The third-order valence-electron chi connectivity index (χ3n) is 4.31. The molecule has 4 rings (SSSR count). The van der Waals surface area contributed by atoms with Gasteiger partial charge in [-0.1, -0.05) is 17.8 Å². The van der Waals surface area contributed by atoms with Crippen LogP contribution in [0.1, 0.15) is 21.6 Å². The number of anilines is 1. The molecule has 0 atom stereocenters. The molecule has 0 aliphatic rings. The van der Waals surface area contributed by atoms with Gasteiger partial charge in [-0.25, -0.2) is 13.8 Å². The summed E-state index contributed by atoms with van der Waals surface area (Å²) in [5.74, 6) is -2.59. The fourth-order valence-electron chi connectivity index (χ4n) is 2.88. The fraction of sp³-hybridized carbons (Fsp3) is 0.150. The Hall–Kier alpha value is -3.41. The molecule has 0 saturated carbocycles. The van der Waals surface area contributed by atoms with E-state index in [9.17, 15) is 26.7 Å². The molecule has 0 radical (unpaired) electrons. The van der Waals surface area contributed by atoms with Crippen LogP contribution in [0, 0.1) is 11.6 Å². The van der Waals surface area contributed by atoms with Gasteiger partial charge in [0.05, 0.1) is 5.56 Å². The van der Waals surface area contributed by atoms with Crippen molar-refractivity contribution in [1.82, 2.24) is 14.8 Å². The van der Waals surface area contributed by atoms with Crippen LogP contribution in [0.2, 0.25) is 0 Å². The number of hydrogen-bond acceptors (Lipinski definition) is 5. The Labute approximate surface area is 181 Å². The molecule has 6 nitrogen and oxygen atoms in total. The second-order valence-corrected chi connectivity index (χ2v) is 7.64. The number of oxazole rings is 1. The lowest BCUT2D eigenvalue weighted by Crippen LogP contribution is -2.17. The molecular weight excluding hydrogens is 455 g/mol. The summed E-state index contributed by atoms with van der Waals surface area (Å²) in [5, 5.41) is 5.96. The van der Waals surface area contributed by atoms with E-state index in [1.165, 1.54) is 31.3 Å². The predicted octanol–water partition coefficient (Wildman–Crippen LogP) is 5.40. The summed E-state index contributed by atoms with van der Waals surface area (Å²) in [4.78, 5) is 16.6. The number of aryl methyl sites for hydroxylation is 1. The summed E-state index contributed by atoms with van der Waals surface area (Å²) < 4.78 is 72.1. The highest BCUT2D eigenvalue weighted by molar-refractivity contribution is 7.98. The van der Waals surface area contributed by atoms with Gasteiger partial charge >= 0.3 is 6.18 Å². The summed E-state index contributed by atoms with van der Waals surface area (Å²) in [7, 11) is 1.28. The first-order chi connectivity index (χ1) is 15.1. The number of thioether (sulfide) groups is 1. The molecule has 2 aromatic heterocycles. The van der Waals surface area contributed by atoms with Crippen LogP contribution in [0.5, 0.6) is 0 Å². The summed E-state index contributed by atoms with van der Waals surface area (Å²) in [6.45, 7) is 0. The van der Waals surface area contributed by atoms with Crippen LogP contribution in [0.15, 0.2) is 52.2 Å². The number of nitrogens with zero attached hydrogens (tertiary/aromatic N) is 3. The van der Waals surface area contributed by atoms with Gasteiger partial charge in [-0.15, -0.1) is 0 Å². The van der Waals surface area contributed by atoms with Crippen LogP contribution >= 0.6 is 11.8 Å². The van der Waals surface area contributed by atoms with Gasteiger partial charge in [-0.3, -0.25) is 9.48 Å². The van der Waals surface area contributed by atoms with Crippen molar-refractivity contribution in [3.05, 3.63) is 71.1 Å². The number of halogens is 5. The lowest BCUT2D eigenvalue weighted by atomic mass is 10.2. The normalized spacial score (nSPS) is 11.8. The first kappa shape index (κ1) is 21.8. The molecule has 166 valence electrons. The van der Waals surface area contributed by atoms with E-state index in [4.69, 9.17) is 4.42 Å². The molecule has 12 heteroatoms. The molecule has 0 saturated heterocycles. The quantitative estimate of drug-likeness (QED) is 0.314. The second kappa shape index (κ2) is 8.26. The molecule has 2 aromatic carbocycles. The van der Waals surface area contributed by atoms with Crippen molar-refractivity contribution in [2.24, 2.45) is 7.05 Å². The molecule has 2 heterocycles. The number of aromatic nitrogens is 3. The number of rotatable bonds is 5. The maximum atomic E-state index is 13.3. The van der Waals surface area contributed by atoms with Crippen molar-refractivity contribution in [2.75, 3.05) is 5.32 Å². The van der Waals surface area contributed by atoms with E-state index in [-0.39, 0.29) is 16.7 Å². The Morgan fingerprint density at radius 3 is 2.66 bits per heavy atom. The Morgan fingerprint density at radius 1 is 1.16 bits per heavy atom. The number of alkyl halides is 3. The smallest absolute Gasteiger partial charge is 0.431 e. The summed E-state index contributed by atoms with van der Waals surface area (Å²) in [6.07, 6.45) is -3.79. The van der Waals surface area contributed by atoms with Crippen molar-refractivity contribution in [1.29, 1.82) is 0 Å². The highest BCUT2D eigenvalue weighted by atomic mass is 32.2. The van der Waals surface area contributed by atoms with Gasteiger partial charge in [0.15, 0.2) is 22.9 Å². The van der Waals surface area contributed by atoms with Crippen LogP contribution in [0.3, 0.4) is 0 Å². The lowest BCUT2D eigenvalue weighted by Gasteiger charge is -2.07. The van der Waals surface area contributed by atoms with Crippen LogP contribution in [-0.2, 0) is 19.0 Å². The summed E-state index contributed by atoms with van der Waals surface area (Å²) in [6, 6.07) is 7.95. The average molecular weight is 468 g/mol. The van der Waals surface area contributed by atoms with Crippen LogP contribution < -0.4 is 5.32 Å². The molecule has 1 N–H and O–H groups in total. The van der Waals surface area contributed by atoms with Gasteiger partial charge in [0.1, 0.15) is 5.52 Å². The highest BCUT2D eigenvalue weighted by Gasteiger charge is 2.39. The second-order valence-electron chi connectivity index (χ2n) is 6.72. The van der Waals surface area contributed by atoms with Gasteiger partial charge < -0.3 is 9.73 Å². The molecule has 1 amide bonds. The van der Waals surface area contributed by atoms with E-state index in [0.717, 1.165) is 34.8 Å². The Morgan fingerprint density at radius 2 is 1.94 bits per heavy atom. The van der Waals surface area contributed by atoms with Gasteiger partial charge in [-0.05, 0) is 35.9 Å². The molecule has 0 bridgehead atoms. The van der Waals surface area contributed by atoms with Gasteiger partial charge in [-0.2, -0.15) is 18.3 Å². The maximum Gasteiger partial charge on any atom is 0.435 e. The van der Waals surface area contributed by atoms with Gasteiger partial charge in [0, 0.05) is 24.7 Å². The zero-order valence-corrected chi connectivity index (χ0v) is 17.0. The minimum Gasteiger partial charge on any atom is -0.431 e. The Bertz CT molecular complexity index is 1320.